The second-order valence-corrected chi connectivity index (χ2v) is 9.50. The van der Waals surface area contributed by atoms with Gasteiger partial charge >= 0.3 is 5.97 Å². The molecule has 9 nitrogen and oxygen atoms in total. The minimum Gasteiger partial charge on any atom is -0.452 e. The Labute approximate surface area is 191 Å². The van der Waals surface area contributed by atoms with Crippen LogP contribution in [0.5, 0.6) is 0 Å². The number of benzene rings is 2. The molecule has 1 saturated heterocycles. The van der Waals surface area contributed by atoms with E-state index in [9.17, 15) is 18.0 Å². The Morgan fingerprint density at radius 2 is 2.03 bits per heavy atom. The zero-order valence-corrected chi connectivity index (χ0v) is 18.7. The Bertz CT molecular complexity index is 1280. The number of amides is 1. The first-order chi connectivity index (χ1) is 15.8. The third-order valence-electron chi connectivity index (χ3n) is 5.59. The van der Waals surface area contributed by atoms with Crippen LogP contribution in [-0.4, -0.2) is 50.2 Å². The minimum atomic E-state index is -3.75. The normalized spacial score (nSPS) is 19.6. The molecular weight excluding hydrogens is 444 g/mol. The van der Waals surface area contributed by atoms with Crippen molar-refractivity contribution in [1.82, 2.24) is 4.90 Å². The van der Waals surface area contributed by atoms with Gasteiger partial charge in [-0.15, -0.1) is 4.40 Å². The third kappa shape index (κ3) is 4.73. The van der Waals surface area contributed by atoms with Crippen molar-refractivity contribution in [1.29, 1.82) is 5.26 Å². The van der Waals surface area contributed by atoms with Crippen molar-refractivity contribution in [3.05, 3.63) is 59.7 Å². The van der Waals surface area contributed by atoms with Crippen LogP contribution in [0.4, 0.5) is 5.69 Å². The molecule has 10 heteroatoms. The van der Waals surface area contributed by atoms with Gasteiger partial charge < -0.3 is 15.0 Å². The fourth-order valence-electron chi connectivity index (χ4n) is 3.91. The number of hydrogen-bond acceptors (Lipinski definition) is 7. The number of nitriles is 1. The predicted octanol–water partition coefficient (Wildman–Crippen LogP) is 2.29. The van der Waals surface area contributed by atoms with Gasteiger partial charge in [-0.3, -0.25) is 9.59 Å². The van der Waals surface area contributed by atoms with E-state index in [1.165, 1.54) is 19.1 Å². The number of anilines is 1. The van der Waals surface area contributed by atoms with Gasteiger partial charge in [-0.05, 0) is 50.1 Å². The van der Waals surface area contributed by atoms with E-state index >= 15 is 0 Å². The molecule has 2 aromatic carbocycles. The predicted molar refractivity (Wildman–Crippen MR) is 120 cm³/mol. The van der Waals surface area contributed by atoms with Gasteiger partial charge in [0.15, 0.2) is 11.9 Å². The van der Waals surface area contributed by atoms with E-state index in [0.29, 0.717) is 42.0 Å². The van der Waals surface area contributed by atoms with Crippen LogP contribution >= 0.6 is 0 Å². The number of sulfonamides is 1. The van der Waals surface area contributed by atoms with Gasteiger partial charge in [-0.1, -0.05) is 18.2 Å². The summed E-state index contributed by atoms with van der Waals surface area (Å²) in [5.74, 6) is -1.21. The summed E-state index contributed by atoms with van der Waals surface area (Å²) in [6, 6.07) is 15.0. The molecule has 170 valence electrons. The van der Waals surface area contributed by atoms with Crippen LogP contribution in [0, 0.1) is 17.2 Å². The van der Waals surface area contributed by atoms with Gasteiger partial charge in [0.25, 0.3) is 15.9 Å². The number of nitrogens with zero attached hydrogens (tertiary/aromatic N) is 3. The number of piperidine rings is 1. The summed E-state index contributed by atoms with van der Waals surface area (Å²) in [6.45, 7) is 2.30. The SMILES string of the molecule is C[C@H](OC(=O)[C@@H]1CCCN(C2=NS(=O)(=O)c3ccccc32)C1)C(=O)Nc1cccc(C#N)c1. The van der Waals surface area contributed by atoms with Crippen molar-refractivity contribution in [3.8, 4) is 6.07 Å². The molecule has 0 saturated carbocycles. The molecule has 0 bridgehead atoms. The number of ether oxygens (including phenoxy) is 1. The molecule has 0 unspecified atom stereocenters. The van der Waals surface area contributed by atoms with Crippen LogP contribution in [0.3, 0.4) is 0 Å². The molecule has 4 rings (SSSR count). The zero-order chi connectivity index (χ0) is 23.6. The highest BCUT2D eigenvalue weighted by Crippen LogP contribution is 2.30. The quantitative estimate of drug-likeness (QED) is 0.685. The number of hydrogen-bond donors (Lipinski definition) is 1. The number of fused-ring (bicyclic) bond motifs is 1. The number of amidine groups is 1. The fraction of sp³-hybridized carbons (Fsp3) is 0.304. The molecule has 0 aromatic heterocycles. The minimum absolute atomic E-state index is 0.162. The Balaban J connectivity index is 1.40. The molecule has 0 spiro atoms. The summed E-state index contributed by atoms with van der Waals surface area (Å²) >= 11 is 0. The first-order valence-corrected chi connectivity index (χ1v) is 11.9. The van der Waals surface area contributed by atoms with Crippen molar-refractivity contribution in [3.63, 3.8) is 0 Å². The Morgan fingerprint density at radius 1 is 1.24 bits per heavy atom. The average molecular weight is 467 g/mol. The van der Waals surface area contributed by atoms with Gasteiger partial charge in [0, 0.05) is 24.3 Å². The van der Waals surface area contributed by atoms with E-state index in [2.05, 4.69) is 9.71 Å². The topological polar surface area (TPSA) is 129 Å². The van der Waals surface area contributed by atoms with Crippen molar-refractivity contribution in [2.75, 3.05) is 18.4 Å². The monoisotopic (exact) mass is 466 g/mol. The third-order valence-corrected chi connectivity index (χ3v) is 6.91. The second kappa shape index (κ2) is 9.03. The fourth-order valence-corrected chi connectivity index (χ4v) is 5.14. The number of esters is 1. The molecule has 0 aliphatic carbocycles. The van der Waals surface area contributed by atoms with E-state index in [4.69, 9.17) is 10.00 Å². The Hall–Kier alpha value is -3.71. The summed E-state index contributed by atoms with van der Waals surface area (Å²) in [5, 5.41) is 11.6. The summed E-state index contributed by atoms with van der Waals surface area (Å²) in [7, 11) is -3.75. The molecule has 2 atom stereocenters. The lowest BCUT2D eigenvalue weighted by Gasteiger charge is -2.33. The van der Waals surface area contributed by atoms with Gasteiger partial charge in [-0.2, -0.15) is 13.7 Å². The molecule has 2 heterocycles. The van der Waals surface area contributed by atoms with Crippen molar-refractivity contribution in [2.24, 2.45) is 10.3 Å². The van der Waals surface area contributed by atoms with Crippen LogP contribution in [0.2, 0.25) is 0 Å². The zero-order valence-electron chi connectivity index (χ0n) is 17.9. The Morgan fingerprint density at radius 3 is 2.82 bits per heavy atom. The lowest BCUT2D eigenvalue weighted by molar-refractivity contribution is -0.158. The smallest absolute Gasteiger partial charge is 0.311 e. The van der Waals surface area contributed by atoms with Crippen LogP contribution in [0.1, 0.15) is 30.9 Å². The lowest BCUT2D eigenvalue weighted by atomic mass is 9.97. The van der Waals surface area contributed by atoms with E-state index in [-0.39, 0.29) is 11.4 Å². The van der Waals surface area contributed by atoms with Crippen LogP contribution in [0.25, 0.3) is 0 Å². The number of likely N-dealkylation sites (tertiary alicyclic amines) is 1. The van der Waals surface area contributed by atoms with E-state index in [1.807, 2.05) is 6.07 Å². The van der Waals surface area contributed by atoms with Crippen molar-refractivity contribution in [2.45, 2.75) is 30.8 Å². The maximum Gasteiger partial charge on any atom is 0.311 e. The first-order valence-electron chi connectivity index (χ1n) is 10.5. The number of rotatable bonds is 4. The molecule has 1 fully saturated rings. The Kier molecular flexibility index (Phi) is 6.16. The summed E-state index contributed by atoms with van der Waals surface area (Å²) in [6.07, 6.45) is 0.182. The maximum atomic E-state index is 12.8. The van der Waals surface area contributed by atoms with Crippen molar-refractivity contribution >= 4 is 33.4 Å². The van der Waals surface area contributed by atoms with E-state index in [1.54, 1.807) is 41.3 Å². The number of carbonyl (C=O) groups excluding carboxylic acids is 2. The van der Waals surface area contributed by atoms with Crippen LogP contribution in [-0.2, 0) is 24.3 Å². The van der Waals surface area contributed by atoms with E-state index < -0.39 is 33.9 Å². The summed E-state index contributed by atoms with van der Waals surface area (Å²) < 4.78 is 34.1. The first kappa shape index (κ1) is 22.5. The molecule has 1 amide bonds. The molecule has 0 radical (unpaired) electrons. The molecule has 1 N–H and O–H groups in total. The van der Waals surface area contributed by atoms with Gasteiger partial charge in [0.1, 0.15) is 4.90 Å². The molecule has 2 aliphatic rings. The largest absolute Gasteiger partial charge is 0.452 e. The molecule has 2 aliphatic heterocycles. The van der Waals surface area contributed by atoms with Gasteiger partial charge in [0.05, 0.1) is 17.6 Å². The highest BCUT2D eigenvalue weighted by molar-refractivity contribution is 7.90. The number of nitrogens with one attached hydrogen (secondary N) is 1. The van der Waals surface area contributed by atoms with Crippen LogP contribution in [0.15, 0.2) is 57.8 Å². The molecule has 2 aromatic rings. The highest BCUT2D eigenvalue weighted by Gasteiger charge is 2.36. The maximum absolute atomic E-state index is 12.8. The van der Waals surface area contributed by atoms with E-state index in [0.717, 1.165) is 0 Å². The molecule has 33 heavy (non-hydrogen) atoms. The van der Waals surface area contributed by atoms with Gasteiger partial charge in [0.2, 0.25) is 0 Å². The summed E-state index contributed by atoms with van der Waals surface area (Å²) in [4.78, 5) is 27.2. The number of carbonyl (C=O) groups is 2. The highest BCUT2D eigenvalue weighted by atomic mass is 32.2. The van der Waals surface area contributed by atoms with Crippen molar-refractivity contribution < 1.29 is 22.7 Å². The van der Waals surface area contributed by atoms with Gasteiger partial charge in [-0.25, -0.2) is 0 Å². The molecular formula is C23H22N4O5S. The standard InChI is InChI=1S/C23H22N4O5S/c1-15(22(28)25-18-8-4-6-16(12-18)13-24)32-23(29)17-7-5-11-27(14-17)21-19-9-2-3-10-20(19)33(30,31)26-21/h2-4,6,8-10,12,15,17H,5,7,11,14H2,1H3,(H,25,28)/t15-,17+/m0/s1. The lowest BCUT2D eigenvalue weighted by Crippen LogP contribution is -2.44. The second-order valence-electron chi connectivity index (χ2n) is 7.93. The average Bonchev–Trinajstić information content (AvgIpc) is 3.10. The van der Waals surface area contributed by atoms with Crippen LogP contribution < -0.4 is 5.32 Å². The summed E-state index contributed by atoms with van der Waals surface area (Å²) in [5.41, 5.74) is 1.36.